The molecule has 1 aliphatic heterocycles. The highest BCUT2D eigenvalue weighted by Crippen LogP contribution is 2.38. The lowest BCUT2D eigenvalue weighted by Gasteiger charge is -2.10. The van der Waals surface area contributed by atoms with Gasteiger partial charge in [0.1, 0.15) is 28.6 Å². The number of allylic oxidation sites excluding steroid dienone is 1. The van der Waals surface area contributed by atoms with Gasteiger partial charge in [-0.1, -0.05) is 24.3 Å². The van der Waals surface area contributed by atoms with Gasteiger partial charge < -0.3 is 14.2 Å². The minimum Gasteiger partial charge on any atom is -0.496 e. The van der Waals surface area contributed by atoms with Crippen molar-refractivity contribution in [3.63, 3.8) is 0 Å². The number of esters is 1. The lowest BCUT2D eigenvalue weighted by molar-refractivity contribution is 0.0731. The fraction of sp³-hybridized carbons (Fsp3) is 0.0833. The third-order valence-corrected chi connectivity index (χ3v) is 4.63. The van der Waals surface area contributed by atoms with Gasteiger partial charge in [-0.05, 0) is 54.5 Å². The van der Waals surface area contributed by atoms with Crippen LogP contribution in [0.1, 0.15) is 31.8 Å². The zero-order chi connectivity index (χ0) is 21.3. The number of hydrogen-bond donors (Lipinski definition) is 0. The maximum Gasteiger partial charge on any atom is 0.347 e. The van der Waals surface area contributed by atoms with Crippen LogP contribution in [0.5, 0.6) is 17.2 Å². The Labute approximate surface area is 172 Å². The number of aryl methyl sites for hydroxylation is 1. The molecule has 0 N–H and O–H groups in total. The molecule has 0 fully saturated rings. The van der Waals surface area contributed by atoms with Crippen molar-refractivity contribution in [3.8, 4) is 17.2 Å². The van der Waals surface area contributed by atoms with E-state index >= 15 is 0 Å². The van der Waals surface area contributed by atoms with Crippen LogP contribution in [0.15, 0.2) is 66.4 Å². The molecule has 5 nitrogen and oxygen atoms in total. The molecule has 0 unspecified atom stereocenters. The average molecular weight is 404 g/mol. The third-order valence-electron chi connectivity index (χ3n) is 4.63. The fourth-order valence-electron chi connectivity index (χ4n) is 3.26. The van der Waals surface area contributed by atoms with E-state index in [1.165, 1.54) is 31.4 Å². The topological polar surface area (TPSA) is 61.8 Å². The van der Waals surface area contributed by atoms with Crippen molar-refractivity contribution in [1.29, 1.82) is 0 Å². The van der Waals surface area contributed by atoms with Crippen LogP contribution in [0.4, 0.5) is 4.39 Å². The molecule has 0 bridgehead atoms. The van der Waals surface area contributed by atoms with Crippen LogP contribution in [0.3, 0.4) is 0 Å². The number of hydrogen-bond acceptors (Lipinski definition) is 5. The second-order valence-corrected chi connectivity index (χ2v) is 6.70. The highest BCUT2D eigenvalue weighted by molar-refractivity contribution is 6.15. The van der Waals surface area contributed by atoms with Crippen molar-refractivity contribution in [1.82, 2.24) is 0 Å². The number of rotatable bonds is 4. The summed E-state index contributed by atoms with van der Waals surface area (Å²) in [6.07, 6.45) is 1.48. The van der Waals surface area contributed by atoms with Gasteiger partial charge in [0.15, 0.2) is 5.76 Å². The highest BCUT2D eigenvalue weighted by atomic mass is 19.1. The summed E-state index contributed by atoms with van der Waals surface area (Å²) >= 11 is 0. The van der Waals surface area contributed by atoms with Gasteiger partial charge in [-0.2, -0.15) is 0 Å². The van der Waals surface area contributed by atoms with Crippen LogP contribution in [0.2, 0.25) is 0 Å². The van der Waals surface area contributed by atoms with Crippen molar-refractivity contribution in [3.05, 3.63) is 94.5 Å². The largest absolute Gasteiger partial charge is 0.496 e. The summed E-state index contributed by atoms with van der Waals surface area (Å²) in [5.41, 5.74) is 1.77. The molecule has 0 aliphatic carbocycles. The van der Waals surface area contributed by atoms with Gasteiger partial charge in [0, 0.05) is 6.07 Å². The van der Waals surface area contributed by atoms with E-state index in [-0.39, 0.29) is 28.6 Å². The summed E-state index contributed by atoms with van der Waals surface area (Å²) < 4.78 is 29.8. The molecular formula is C24H17FO5. The molecule has 0 saturated carbocycles. The van der Waals surface area contributed by atoms with E-state index in [0.717, 1.165) is 0 Å². The van der Waals surface area contributed by atoms with E-state index in [0.29, 0.717) is 22.4 Å². The summed E-state index contributed by atoms with van der Waals surface area (Å²) in [7, 11) is 1.47. The molecule has 0 amide bonds. The molecule has 0 spiro atoms. The monoisotopic (exact) mass is 404 g/mol. The Morgan fingerprint density at radius 2 is 1.87 bits per heavy atom. The maximum absolute atomic E-state index is 13.4. The van der Waals surface area contributed by atoms with Crippen molar-refractivity contribution in [2.75, 3.05) is 7.11 Å². The third kappa shape index (κ3) is 3.67. The molecule has 6 heteroatoms. The van der Waals surface area contributed by atoms with Crippen molar-refractivity contribution < 1.29 is 28.2 Å². The number of ether oxygens (including phenoxy) is 3. The number of methoxy groups -OCH3 is 1. The van der Waals surface area contributed by atoms with Crippen LogP contribution in [0.25, 0.3) is 6.08 Å². The van der Waals surface area contributed by atoms with E-state index < -0.39 is 11.8 Å². The van der Waals surface area contributed by atoms with Gasteiger partial charge in [-0.3, -0.25) is 4.79 Å². The van der Waals surface area contributed by atoms with Gasteiger partial charge in [0.2, 0.25) is 5.78 Å². The molecule has 1 heterocycles. The van der Waals surface area contributed by atoms with E-state index in [9.17, 15) is 14.0 Å². The smallest absolute Gasteiger partial charge is 0.347 e. The Balaban J connectivity index is 1.62. The van der Waals surface area contributed by atoms with E-state index in [1.807, 2.05) is 0 Å². The van der Waals surface area contributed by atoms with Gasteiger partial charge >= 0.3 is 5.97 Å². The lowest BCUT2D eigenvalue weighted by Crippen LogP contribution is -2.10. The summed E-state index contributed by atoms with van der Waals surface area (Å²) in [4.78, 5) is 25.3. The second kappa shape index (κ2) is 7.83. The lowest BCUT2D eigenvalue weighted by atomic mass is 10.0. The summed E-state index contributed by atoms with van der Waals surface area (Å²) in [5.74, 6) is -0.318. The van der Waals surface area contributed by atoms with Gasteiger partial charge in [-0.25, -0.2) is 9.18 Å². The van der Waals surface area contributed by atoms with Crippen LogP contribution in [0, 0.1) is 12.7 Å². The summed E-state index contributed by atoms with van der Waals surface area (Å²) in [6.45, 7) is 1.73. The molecule has 0 aromatic heterocycles. The molecule has 30 heavy (non-hydrogen) atoms. The SMILES string of the molecule is COc1ccccc1C(=O)Oc1cc(C)c2c(c1)O/C(=C\c1cccc(F)c1)C2=O. The number of Topliss-reactive ketones (excluding diaryl/α,β-unsaturated/α-hetero) is 1. The van der Waals surface area contributed by atoms with Crippen LogP contribution >= 0.6 is 0 Å². The van der Waals surface area contributed by atoms with E-state index in [2.05, 4.69) is 0 Å². The molecule has 0 radical (unpaired) electrons. The van der Waals surface area contributed by atoms with Crippen LogP contribution in [-0.2, 0) is 0 Å². The Morgan fingerprint density at radius 3 is 2.63 bits per heavy atom. The predicted octanol–water partition coefficient (Wildman–Crippen LogP) is 4.98. The van der Waals surface area contributed by atoms with Crippen molar-refractivity contribution in [2.45, 2.75) is 6.92 Å². The number of fused-ring (bicyclic) bond motifs is 1. The summed E-state index contributed by atoms with van der Waals surface area (Å²) in [6, 6.07) is 15.6. The predicted molar refractivity (Wildman–Crippen MR) is 108 cm³/mol. The first kappa shape index (κ1) is 19.4. The van der Waals surface area contributed by atoms with Gasteiger partial charge in [-0.15, -0.1) is 0 Å². The Bertz CT molecular complexity index is 1200. The molecule has 4 rings (SSSR count). The Hall–Kier alpha value is -3.93. The molecule has 3 aromatic carbocycles. The molecule has 0 atom stereocenters. The zero-order valence-corrected chi connectivity index (χ0v) is 16.3. The first-order valence-corrected chi connectivity index (χ1v) is 9.16. The number of carbonyl (C=O) groups is 2. The fourth-order valence-corrected chi connectivity index (χ4v) is 3.26. The van der Waals surface area contributed by atoms with Crippen molar-refractivity contribution in [2.24, 2.45) is 0 Å². The minimum absolute atomic E-state index is 0.0758. The first-order chi connectivity index (χ1) is 14.5. The Kier molecular flexibility index (Phi) is 5.06. The normalized spacial score (nSPS) is 13.7. The molecular weight excluding hydrogens is 387 g/mol. The molecule has 3 aromatic rings. The number of halogens is 1. The minimum atomic E-state index is -0.591. The average Bonchev–Trinajstić information content (AvgIpc) is 3.03. The maximum atomic E-state index is 13.4. The molecule has 1 aliphatic rings. The Morgan fingerprint density at radius 1 is 1.07 bits per heavy atom. The van der Waals surface area contributed by atoms with Gasteiger partial charge in [0.25, 0.3) is 0 Å². The quantitative estimate of drug-likeness (QED) is 0.349. The number of ketones is 1. The van der Waals surface area contributed by atoms with Crippen LogP contribution in [-0.4, -0.2) is 18.9 Å². The highest BCUT2D eigenvalue weighted by Gasteiger charge is 2.30. The summed E-state index contributed by atoms with van der Waals surface area (Å²) in [5, 5.41) is 0. The number of benzene rings is 3. The van der Waals surface area contributed by atoms with E-state index in [1.54, 1.807) is 49.4 Å². The first-order valence-electron chi connectivity index (χ1n) is 9.16. The second-order valence-electron chi connectivity index (χ2n) is 6.70. The van der Waals surface area contributed by atoms with Crippen LogP contribution < -0.4 is 14.2 Å². The number of para-hydroxylation sites is 1. The van der Waals surface area contributed by atoms with E-state index in [4.69, 9.17) is 14.2 Å². The van der Waals surface area contributed by atoms with Crippen molar-refractivity contribution >= 4 is 17.8 Å². The molecule has 0 saturated heterocycles. The standard InChI is InChI=1S/C24H17FO5/c1-14-10-17(29-24(27)18-8-3-4-9-19(18)28-2)13-20-22(14)23(26)21(30-20)12-15-6-5-7-16(25)11-15/h3-13H,1-2H3/b21-12-. The van der Waals surface area contributed by atoms with Gasteiger partial charge in [0.05, 0.1) is 12.7 Å². The molecule has 150 valence electrons. The zero-order valence-electron chi connectivity index (χ0n) is 16.3. The number of carbonyl (C=O) groups excluding carboxylic acids is 2.